The third-order valence-corrected chi connectivity index (χ3v) is 1.52. The fourth-order valence-corrected chi connectivity index (χ4v) is 0.898. The molecule has 1 aromatic carbocycles. The molecule has 10 heavy (non-hydrogen) atoms. The van der Waals surface area contributed by atoms with Crippen LogP contribution in [0.15, 0.2) is 30.3 Å². The van der Waals surface area contributed by atoms with Crippen molar-refractivity contribution >= 4 is 0 Å². The van der Waals surface area contributed by atoms with Crippen LogP contribution in [0.3, 0.4) is 0 Å². The molecule has 0 aromatic heterocycles. The van der Waals surface area contributed by atoms with Gasteiger partial charge in [0.05, 0.1) is 0 Å². The second-order valence-electron chi connectivity index (χ2n) is 2.29. The minimum absolute atomic E-state index is 0.560. The lowest BCUT2D eigenvalue weighted by Gasteiger charge is -2.02. The lowest BCUT2D eigenvalue weighted by molar-refractivity contribution is 0.334. The van der Waals surface area contributed by atoms with Gasteiger partial charge in [-0.15, -0.1) is 0 Å². The topological polar surface area (TPSA) is 0 Å². The minimum atomic E-state index is -0.791. The highest BCUT2D eigenvalue weighted by Gasteiger charge is 2.03. The molecule has 0 bridgehead atoms. The molecular weight excluding hydrogens is 126 g/mol. The van der Waals surface area contributed by atoms with Gasteiger partial charge < -0.3 is 0 Å². The van der Waals surface area contributed by atoms with Crippen LogP contribution < -0.4 is 0 Å². The molecule has 1 unspecified atom stereocenters. The van der Waals surface area contributed by atoms with Crippen molar-refractivity contribution in [3.05, 3.63) is 35.9 Å². The van der Waals surface area contributed by atoms with Gasteiger partial charge in [-0.2, -0.15) is 0 Å². The van der Waals surface area contributed by atoms with Crippen molar-refractivity contribution in [2.45, 2.75) is 19.5 Å². The van der Waals surface area contributed by atoms with E-state index in [-0.39, 0.29) is 0 Å². The van der Waals surface area contributed by atoms with Gasteiger partial charge in [-0.05, 0) is 12.0 Å². The summed E-state index contributed by atoms with van der Waals surface area (Å²) in [6, 6.07) is 9.24. The molecule has 54 valence electrons. The largest absolute Gasteiger partial charge is 0.242 e. The number of halogens is 1. The van der Waals surface area contributed by atoms with E-state index in [1.54, 1.807) is 0 Å². The maximum absolute atomic E-state index is 12.9. The second kappa shape index (κ2) is 3.35. The van der Waals surface area contributed by atoms with Crippen LogP contribution in [0.2, 0.25) is 0 Å². The van der Waals surface area contributed by atoms with Gasteiger partial charge in [-0.3, -0.25) is 0 Å². The Morgan fingerprint density at radius 2 is 1.90 bits per heavy atom. The van der Waals surface area contributed by atoms with Crippen LogP contribution in [0, 0.1) is 0 Å². The Bertz CT molecular complexity index is 181. The molecule has 1 aromatic rings. The number of alkyl halides is 1. The van der Waals surface area contributed by atoms with Gasteiger partial charge in [0.1, 0.15) is 6.17 Å². The van der Waals surface area contributed by atoms with E-state index in [2.05, 4.69) is 0 Å². The first-order valence-corrected chi connectivity index (χ1v) is 3.53. The number of hydrogen-bond acceptors (Lipinski definition) is 0. The van der Waals surface area contributed by atoms with E-state index < -0.39 is 6.17 Å². The molecule has 1 rings (SSSR count). The number of rotatable bonds is 2. The zero-order valence-corrected chi connectivity index (χ0v) is 6.05. The maximum atomic E-state index is 12.9. The third kappa shape index (κ3) is 1.56. The molecule has 0 aliphatic rings. The summed E-state index contributed by atoms with van der Waals surface area (Å²) in [6.45, 7) is 1.84. The molecule has 0 aliphatic heterocycles. The summed E-state index contributed by atoms with van der Waals surface area (Å²) in [7, 11) is 0. The van der Waals surface area contributed by atoms with Crippen molar-refractivity contribution in [2.24, 2.45) is 0 Å². The first-order valence-electron chi connectivity index (χ1n) is 3.53. The van der Waals surface area contributed by atoms with Gasteiger partial charge in [0.25, 0.3) is 0 Å². The monoisotopic (exact) mass is 137 g/mol. The van der Waals surface area contributed by atoms with Gasteiger partial charge >= 0.3 is 0 Å². The molecule has 0 N–H and O–H groups in total. The Labute approximate surface area is 60.7 Å². The van der Waals surface area contributed by atoms with Crippen molar-refractivity contribution in [1.82, 2.24) is 0 Å². The van der Waals surface area contributed by atoms with E-state index in [9.17, 15) is 4.39 Å². The standard InChI is InChI=1S/C9H11F/c1-2-9(10)8-6-4-3-5-7-8/h3-7,9H,2H2,1H3/i10-1. The zero-order chi connectivity index (χ0) is 7.40. The van der Waals surface area contributed by atoms with Crippen LogP contribution in [0.25, 0.3) is 0 Å². The van der Waals surface area contributed by atoms with Crippen LogP contribution in [-0.2, 0) is 0 Å². The second-order valence-corrected chi connectivity index (χ2v) is 2.29. The number of benzene rings is 1. The Morgan fingerprint density at radius 1 is 1.30 bits per heavy atom. The van der Waals surface area contributed by atoms with E-state index in [0.717, 1.165) is 5.56 Å². The lowest BCUT2D eigenvalue weighted by atomic mass is 10.1. The zero-order valence-electron chi connectivity index (χ0n) is 6.05. The van der Waals surface area contributed by atoms with Crippen molar-refractivity contribution < 1.29 is 4.39 Å². The molecule has 0 spiro atoms. The van der Waals surface area contributed by atoms with Crippen LogP contribution in [0.1, 0.15) is 25.1 Å². The van der Waals surface area contributed by atoms with Crippen LogP contribution >= 0.6 is 0 Å². The smallest absolute Gasteiger partial charge is 0.125 e. The lowest BCUT2D eigenvalue weighted by Crippen LogP contribution is -1.86. The molecule has 0 fully saturated rings. The van der Waals surface area contributed by atoms with Crippen molar-refractivity contribution in [3.63, 3.8) is 0 Å². The first-order chi connectivity index (χ1) is 4.84. The molecule has 0 saturated carbocycles. The highest BCUT2D eigenvalue weighted by Crippen LogP contribution is 2.19. The summed E-state index contributed by atoms with van der Waals surface area (Å²) in [5.74, 6) is 0. The van der Waals surface area contributed by atoms with E-state index >= 15 is 0 Å². The molecule has 0 nitrogen and oxygen atoms in total. The van der Waals surface area contributed by atoms with Crippen molar-refractivity contribution in [3.8, 4) is 0 Å². The molecule has 0 amide bonds. The normalized spacial score (nSPS) is 13.0. The summed E-state index contributed by atoms with van der Waals surface area (Å²) in [6.07, 6.45) is -0.231. The van der Waals surface area contributed by atoms with Crippen LogP contribution in [0.5, 0.6) is 0 Å². The Morgan fingerprint density at radius 3 is 2.40 bits per heavy atom. The molecule has 0 radical (unpaired) electrons. The predicted octanol–water partition coefficient (Wildman–Crippen LogP) is 3.11. The summed E-state index contributed by atoms with van der Waals surface area (Å²) >= 11 is 0. The highest BCUT2D eigenvalue weighted by atomic mass is 18.2. The summed E-state index contributed by atoms with van der Waals surface area (Å²) in [5.41, 5.74) is 0.782. The maximum Gasteiger partial charge on any atom is 0.125 e. The van der Waals surface area contributed by atoms with Crippen molar-refractivity contribution in [2.75, 3.05) is 0 Å². The SMILES string of the molecule is CCC([18F])c1ccccc1. The summed E-state index contributed by atoms with van der Waals surface area (Å²) < 4.78 is 12.9. The third-order valence-electron chi connectivity index (χ3n) is 1.52. The fourth-order valence-electron chi connectivity index (χ4n) is 0.898. The molecular formula is C9H11F. The Hall–Kier alpha value is -0.850. The predicted molar refractivity (Wildman–Crippen MR) is 40.6 cm³/mol. The number of hydrogen-bond donors (Lipinski definition) is 0. The average Bonchev–Trinajstić information content (AvgIpc) is 2.05. The summed E-state index contributed by atoms with van der Waals surface area (Å²) in [5, 5.41) is 0. The quantitative estimate of drug-likeness (QED) is 0.587. The van der Waals surface area contributed by atoms with Gasteiger partial charge in [0.2, 0.25) is 0 Å². The van der Waals surface area contributed by atoms with Gasteiger partial charge in [-0.25, -0.2) is 4.39 Å². The van der Waals surface area contributed by atoms with Gasteiger partial charge in [-0.1, -0.05) is 37.3 Å². The van der Waals surface area contributed by atoms with Gasteiger partial charge in [0, 0.05) is 0 Å². The molecule has 1 atom stereocenters. The molecule has 0 heterocycles. The van der Waals surface area contributed by atoms with E-state index in [0.29, 0.717) is 6.42 Å². The molecule has 0 saturated heterocycles. The Balaban J connectivity index is 2.75. The Kier molecular flexibility index (Phi) is 2.43. The average molecular weight is 137 g/mol. The minimum Gasteiger partial charge on any atom is -0.242 e. The van der Waals surface area contributed by atoms with E-state index in [1.165, 1.54) is 0 Å². The van der Waals surface area contributed by atoms with E-state index in [1.807, 2.05) is 37.3 Å². The van der Waals surface area contributed by atoms with Crippen LogP contribution in [0.4, 0.5) is 4.39 Å². The molecule has 1 heteroatoms. The fraction of sp³-hybridized carbons (Fsp3) is 0.333. The molecule has 0 aliphatic carbocycles. The van der Waals surface area contributed by atoms with Gasteiger partial charge in [0.15, 0.2) is 0 Å². The summed E-state index contributed by atoms with van der Waals surface area (Å²) in [4.78, 5) is 0. The van der Waals surface area contributed by atoms with Crippen molar-refractivity contribution in [1.29, 1.82) is 0 Å². The van der Waals surface area contributed by atoms with E-state index in [4.69, 9.17) is 0 Å². The van der Waals surface area contributed by atoms with Crippen LogP contribution in [-0.4, -0.2) is 0 Å². The first kappa shape index (κ1) is 7.26. The highest BCUT2D eigenvalue weighted by molar-refractivity contribution is 5.16.